The highest BCUT2D eigenvalue weighted by molar-refractivity contribution is 5.79. The van der Waals surface area contributed by atoms with Gasteiger partial charge in [-0.2, -0.15) is 0 Å². The molecule has 0 aromatic carbocycles. The van der Waals surface area contributed by atoms with Gasteiger partial charge in [0.15, 0.2) is 0 Å². The third kappa shape index (κ3) is 5.46. The molecule has 1 atom stereocenters. The van der Waals surface area contributed by atoms with Crippen molar-refractivity contribution in [2.24, 2.45) is 17.6 Å². The summed E-state index contributed by atoms with van der Waals surface area (Å²) in [4.78, 5) is 26.9. The molecule has 0 aromatic heterocycles. The van der Waals surface area contributed by atoms with Gasteiger partial charge in [0, 0.05) is 32.7 Å². The first kappa shape index (κ1) is 16.9. The molecule has 0 saturated carbocycles. The summed E-state index contributed by atoms with van der Waals surface area (Å²) in [5.74, 6) is -0.355. The van der Waals surface area contributed by atoms with Gasteiger partial charge in [-0.3, -0.25) is 14.5 Å². The van der Waals surface area contributed by atoms with Gasteiger partial charge in [-0.25, -0.2) is 0 Å². The molecular weight excluding hydrogens is 258 g/mol. The van der Waals surface area contributed by atoms with Crippen LogP contribution >= 0.6 is 0 Å². The Bertz CT molecular complexity index is 334. The normalized spacial score (nSPS) is 18.9. The quantitative estimate of drug-likeness (QED) is 0.729. The molecule has 6 nitrogen and oxygen atoms in total. The molecule has 1 amide bonds. The lowest BCUT2D eigenvalue weighted by Crippen LogP contribution is -2.42. The summed E-state index contributed by atoms with van der Waals surface area (Å²) in [5, 5.41) is 8.82. The van der Waals surface area contributed by atoms with Crippen molar-refractivity contribution in [3.63, 3.8) is 0 Å². The van der Waals surface area contributed by atoms with E-state index < -0.39 is 5.97 Å². The molecule has 1 fully saturated rings. The van der Waals surface area contributed by atoms with Crippen molar-refractivity contribution in [1.29, 1.82) is 0 Å². The number of nitrogens with zero attached hydrogens (tertiary/aromatic N) is 2. The van der Waals surface area contributed by atoms with Gasteiger partial charge in [-0.1, -0.05) is 13.8 Å². The van der Waals surface area contributed by atoms with Crippen LogP contribution in [0.2, 0.25) is 0 Å². The monoisotopic (exact) mass is 285 g/mol. The number of rotatable bonds is 6. The Morgan fingerprint density at radius 1 is 1.20 bits per heavy atom. The standard InChI is InChI=1S/C14H27N3O3/c1-11(2)8-12(9-15)14(20)17-5-3-4-16(6-7-17)10-13(18)19/h11-12H,3-10,15H2,1-2H3,(H,18,19). The highest BCUT2D eigenvalue weighted by Crippen LogP contribution is 2.15. The summed E-state index contributed by atoms with van der Waals surface area (Å²) in [6.07, 6.45) is 1.63. The van der Waals surface area contributed by atoms with Crippen LogP contribution in [0.25, 0.3) is 0 Å². The van der Waals surface area contributed by atoms with Crippen LogP contribution in [0.4, 0.5) is 0 Å². The molecule has 6 heteroatoms. The van der Waals surface area contributed by atoms with Crippen molar-refractivity contribution in [2.75, 3.05) is 39.3 Å². The first-order valence-electron chi connectivity index (χ1n) is 7.37. The summed E-state index contributed by atoms with van der Waals surface area (Å²) >= 11 is 0. The summed E-state index contributed by atoms with van der Waals surface area (Å²) < 4.78 is 0. The average molecular weight is 285 g/mol. The minimum Gasteiger partial charge on any atom is -0.480 e. The Kier molecular flexibility index (Phi) is 6.95. The van der Waals surface area contributed by atoms with Crippen molar-refractivity contribution < 1.29 is 14.7 Å². The molecule has 1 heterocycles. The molecule has 3 N–H and O–H groups in total. The Balaban J connectivity index is 2.54. The predicted molar refractivity (Wildman–Crippen MR) is 77.3 cm³/mol. The maximum atomic E-state index is 12.5. The predicted octanol–water partition coefficient (Wildman–Crippen LogP) is 0.226. The zero-order valence-electron chi connectivity index (χ0n) is 12.5. The maximum absolute atomic E-state index is 12.5. The lowest BCUT2D eigenvalue weighted by molar-refractivity contribution is -0.138. The molecule has 116 valence electrons. The number of aliphatic carboxylic acids is 1. The first-order valence-corrected chi connectivity index (χ1v) is 7.37. The second-order valence-electron chi connectivity index (χ2n) is 5.91. The summed E-state index contributed by atoms with van der Waals surface area (Å²) in [6.45, 7) is 7.26. The lowest BCUT2D eigenvalue weighted by Gasteiger charge is -2.26. The van der Waals surface area contributed by atoms with E-state index in [-0.39, 0.29) is 18.4 Å². The number of hydrogen-bond donors (Lipinski definition) is 2. The fourth-order valence-corrected chi connectivity index (χ4v) is 2.67. The van der Waals surface area contributed by atoms with E-state index in [9.17, 15) is 9.59 Å². The van der Waals surface area contributed by atoms with Gasteiger partial charge in [0.25, 0.3) is 0 Å². The zero-order valence-corrected chi connectivity index (χ0v) is 12.5. The second kappa shape index (κ2) is 8.21. The van der Waals surface area contributed by atoms with E-state index in [1.807, 2.05) is 9.80 Å². The minimum atomic E-state index is -0.815. The van der Waals surface area contributed by atoms with Crippen LogP contribution in [-0.2, 0) is 9.59 Å². The molecule has 1 aliphatic heterocycles. The van der Waals surface area contributed by atoms with Gasteiger partial charge in [0.1, 0.15) is 0 Å². The molecule has 0 bridgehead atoms. The van der Waals surface area contributed by atoms with E-state index >= 15 is 0 Å². The van der Waals surface area contributed by atoms with Gasteiger partial charge < -0.3 is 15.7 Å². The number of amides is 1. The van der Waals surface area contributed by atoms with Crippen molar-refractivity contribution in [3.05, 3.63) is 0 Å². The highest BCUT2D eigenvalue weighted by Gasteiger charge is 2.26. The molecule has 1 unspecified atom stereocenters. The van der Waals surface area contributed by atoms with E-state index in [1.54, 1.807) is 0 Å². The maximum Gasteiger partial charge on any atom is 0.317 e. The number of carboxylic acids is 1. The largest absolute Gasteiger partial charge is 0.480 e. The number of nitrogens with two attached hydrogens (primary N) is 1. The highest BCUT2D eigenvalue weighted by atomic mass is 16.4. The Morgan fingerprint density at radius 2 is 1.90 bits per heavy atom. The van der Waals surface area contributed by atoms with Crippen LogP contribution in [0.3, 0.4) is 0 Å². The molecule has 1 aliphatic rings. The molecule has 1 rings (SSSR count). The van der Waals surface area contributed by atoms with Crippen molar-refractivity contribution in [3.8, 4) is 0 Å². The van der Waals surface area contributed by atoms with Gasteiger partial charge in [0.2, 0.25) is 5.91 Å². The average Bonchev–Trinajstić information content (AvgIpc) is 2.59. The van der Waals surface area contributed by atoms with Crippen LogP contribution < -0.4 is 5.73 Å². The summed E-state index contributed by atoms with van der Waals surface area (Å²) in [7, 11) is 0. The Hall–Kier alpha value is -1.14. The number of carbonyl (C=O) groups excluding carboxylic acids is 1. The topological polar surface area (TPSA) is 86.9 Å². The van der Waals surface area contributed by atoms with Crippen LogP contribution in [0, 0.1) is 11.8 Å². The molecular formula is C14H27N3O3. The second-order valence-corrected chi connectivity index (χ2v) is 5.91. The fourth-order valence-electron chi connectivity index (χ4n) is 2.67. The number of carbonyl (C=O) groups is 2. The van der Waals surface area contributed by atoms with Crippen LogP contribution in [0.15, 0.2) is 0 Å². The van der Waals surface area contributed by atoms with Gasteiger partial charge in [-0.05, 0) is 18.8 Å². The third-order valence-electron chi connectivity index (χ3n) is 3.65. The van der Waals surface area contributed by atoms with Crippen molar-refractivity contribution in [1.82, 2.24) is 9.80 Å². The van der Waals surface area contributed by atoms with E-state index in [4.69, 9.17) is 10.8 Å². The number of carboxylic acid groups (broad SMARTS) is 1. The van der Waals surface area contributed by atoms with Crippen LogP contribution in [0.1, 0.15) is 26.7 Å². The van der Waals surface area contributed by atoms with Gasteiger partial charge in [-0.15, -0.1) is 0 Å². The molecule has 0 spiro atoms. The molecule has 1 saturated heterocycles. The number of hydrogen-bond acceptors (Lipinski definition) is 4. The molecule has 0 aliphatic carbocycles. The molecule has 20 heavy (non-hydrogen) atoms. The van der Waals surface area contributed by atoms with Crippen LogP contribution in [-0.4, -0.2) is 66.1 Å². The summed E-state index contributed by atoms with van der Waals surface area (Å²) in [5.41, 5.74) is 5.73. The van der Waals surface area contributed by atoms with Crippen LogP contribution in [0.5, 0.6) is 0 Å². The van der Waals surface area contributed by atoms with E-state index in [0.717, 1.165) is 19.4 Å². The van der Waals surface area contributed by atoms with Gasteiger partial charge >= 0.3 is 5.97 Å². The smallest absolute Gasteiger partial charge is 0.317 e. The van der Waals surface area contributed by atoms with E-state index in [0.29, 0.717) is 32.1 Å². The lowest BCUT2D eigenvalue weighted by atomic mass is 9.96. The van der Waals surface area contributed by atoms with Gasteiger partial charge in [0.05, 0.1) is 12.5 Å². The Labute approximate surface area is 120 Å². The van der Waals surface area contributed by atoms with E-state index in [1.165, 1.54) is 0 Å². The zero-order chi connectivity index (χ0) is 15.1. The van der Waals surface area contributed by atoms with Crippen molar-refractivity contribution >= 4 is 11.9 Å². The van der Waals surface area contributed by atoms with E-state index in [2.05, 4.69) is 13.8 Å². The van der Waals surface area contributed by atoms with Crippen molar-refractivity contribution in [2.45, 2.75) is 26.7 Å². The first-order chi connectivity index (χ1) is 9.43. The third-order valence-corrected chi connectivity index (χ3v) is 3.65. The minimum absolute atomic E-state index is 0.0499. The molecule has 0 radical (unpaired) electrons. The molecule has 0 aromatic rings. The Morgan fingerprint density at radius 3 is 2.45 bits per heavy atom. The summed E-state index contributed by atoms with van der Waals surface area (Å²) in [6, 6.07) is 0. The SMILES string of the molecule is CC(C)CC(CN)C(=O)N1CCCN(CC(=O)O)CC1. The fraction of sp³-hybridized carbons (Fsp3) is 0.857.